The molecule has 2 aromatic rings. The standard InChI is InChI=1S/C17H23N3O/c1-3-14(18)10-17-19-6-7-20(17)11-15-9-13-8-12(2)4-5-16(13)21-15/h4-8,14-15H,3,9-11,18H2,1-2H3. The molecule has 1 aliphatic heterocycles. The monoisotopic (exact) mass is 285 g/mol. The molecule has 1 aromatic carbocycles. The third-order valence-corrected chi connectivity index (χ3v) is 4.13. The molecule has 1 aliphatic rings. The van der Waals surface area contributed by atoms with Gasteiger partial charge in [0.15, 0.2) is 0 Å². The summed E-state index contributed by atoms with van der Waals surface area (Å²) in [5, 5.41) is 0. The van der Waals surface area contributed by atoms with E-state index >= 15 is 0 Å². The summed E-state index contributed by atoms with van der Waals surface area (Å²) < 4.78 is 8.22. The van der Waals surface area contributed by atoms with Crippen LogP contribution in [0.15, 0.2) is 30.6 Å². The Morgan fingerprint density at radius 2 is 2.33 bits per heavy atom. The molecule has 0 amide bonds. The van der Waals surface area contributed by atoms with Crippen LogP contribution in [0.5, 0.6) is 5.75 Å². The van der Waals surface area contributed by atoms with E-state index in [2.05, 4.69) is 41.6 Å². The molecule has 2 unspecified atom stereocenters. The SMILES string of the molecule is CCC(N)Cc1nccn1CC1Cc2cc(C)ccc2O1. The molecule has 4 heteroatoms. The lowest BCUT2D eigenvalue weighted by Crippen LogP contribution is -2.26. The van der Waals surface area contributed by atoms with Crippen molar-refractivity contribution in [2.24, 2.45) is 5.73 Å². The Kier molecular flexibility index (Phi) is 3.97. The summed E-state index contributed by atoms with van der Waals surface area (Å²) in [5.41, 5.74) is 8.64. The summed E-state index contributed by atoms with van der Waals surface area (Å²) in [4.78, 5) is 4.44. The van der Waals surface area contributed by atoms with Crippen molar-refractivity contribution in [2.45, 2.75) is 51.8 Å². The third kappa shape index (κ3) is 3.10. The van der Waals surface area contributed by atoms with Gasteiger partial charge in [-0.3, -0.25) is 0 Å². The molecule has 4 nitrogen and oxygen atoms in total. The highest BCUT2D eigenvalue weighted by Gasteiger charge is 2.24. The number of imidazole rings is 1. The molecule has 0 aliphatic carbocycles. The number of hydrogen-bond acceptors (Lipinski definition) is 3. The van der Waals surface area contributed by atoms with Crippen molar-refractivity contribution >= 4 is 0 Å². The normalized spacial score (nSPS) is 18.3. The van der Waals surface area contributed by atoms with E-state index in [9.17, 15) is 0 Å². The second-order valence-electron chi connectivity index (χ2n) is 5.92. The van der Waals surface area contributed by atoms with Crippen LogP contribution in [0.1, 0.15) is 30.3 Å². The number of hydrogen-bond donors (Lipinski definition) is 1. The number of nitrogens with zero attached hydrogens (tertiary/aromatic N) is 2. The van der Waals surface area contributed by atoms with Crippen LogP contribution in [0.3, 0.4) is 0 Å². The summed E-state index contributed by atoms with van der Waals surface area (Å²) in [5.74, 6) is 2.08. The van der Waals surface area contributed by atoms with E-state index in [1.54, 1.807) is 0 Å². The first kappa shape index (κ1) is 14.1. The highest BCUT2D eigenvalue weighted by atomic mass is 16.5. The Morgan fingerprint density at radius 1 is 1.48 bits per heavy atom. The highest BCUT2D eigenvalue weighted by Crippen LogP contribution is 2.30. The summed E-state index contributed by atoms with van der Waals surface area (Å²) >= 11 is 0. The Morgan fingerprint density at radius 3 is 3.14 bits per heavy atom. The quantitative estimate of drug-likeness (QED) is 0.918. The van der Waals surface area contributed by atoms with Gasteiger partial charge in [0.2, 0.25) is 0 Å². The summed E-state index contributed by atoms with van der Waals surface area (Å²) in [6, 6.07) is 6.57. The minimum Gasteiger partial charge on any atom is -0.488 e. The van der Waals surface area contributed by atoms with Crippen molar-refractivity contribution in [3.8, 4) is 5.75 Å². The van der Waals surface area contributed by atoms with E-state index in [0.717, 1.165) is 37.4 Å². The van der Waals surface area contributed by atoms with Crippen LogP contribution in [-0.4, -0.2) is 21.7 Å². The molecular formula is C17H23N3O. The number of nitrogens with two attached hydrogens (primary N) is 1. The fraction of sp³-hybridized carbons (Fsp3) is 0.471. The molecule has 112 valence electrons. The summed E-state index contributed by atoms with van der Waals surface area (Å²) in [6.07, 6.45) is 6.82. The fourth-order valence-electron chi connectivity index (χ4n) is 2.85. The van der Waals surface area contributed by atoms with Gasteiger partial charge in [-0.25, -0.2) is 4.98 Å². The van der Waals surface area contributed by atoms with Gasteiger partial charge in [0.05, 0.1) is 6.54 Å². The molecule has 0 spiro atoms. The second-order valence-corrected chi connectivity index (χ2v) is 5.92. The maximum absolute atomic E-state index is 6.04. The minimum atomic E-state index is 0.176. The number of benzene rings is 1. The van der Waals surface area contributed by atoms with Crippen LogP contribution in [0.4, 0.5) is 0 Å². The van der Waals surface area contributed by atoms with Crippen molar-refractivity contribution in [1.29, 1.82) is 0 Å². The zero-order valence-corrected chi connectivity index (χ0v) is 12.7. The van der Waals surface area contributed by atoms with Crippen molar-refractivity contribution in [1.82, 2.24) is 9.55 Å². The fourth-order valence-corrected chi connectivity index (χ4v) is 2.85. The molecular weight excluding hydrogens is 262 g/mol. The molecule has 3 rings (SSSR count). The highest BCUT2D eigenvalue weighted by molar-refractivity contribution is 5.40. The maximum Gasteiger partial charge on any atom is 0.123 e. The average Bonchev–Trinajstić information content (AvgIpc) is 3.05. The molecule has 0 bridgehead atoms. The molecule has 2 heterocycles. The number of aromatic nitrogens is 2. The first-order valence-corrected chi connectivity index (χ1v) is 7.67. The lowest BCUT2D eigenvalue weighted by molar-refractivity contribution is 0.207. The van der Waals surface area contributed by atoms with Gasteiger partial charge in [-0.05, 0) is 25.0 Å². The lowest BCUT2D eigenvalue weighted by atomic mass is 10.1. The zero-order chi connectivity index (χ0) is 14.8. The Bertz CT molecular complexity index is 620. The summed E-state index contributed by atoms with van der Waals surface area (Å²) in [7, 11) is 0. The van der Waals surface area contributed by atoms with Crippen LogP contribution >= 0.6 is 0 Å². The third-order valence-electron chi connectivity index (χ3n) is 4.13. The Labute approximate surface area is 125 Å². The van der Waals surface area contributed by atoms with Crippen LogP contribution in [0.2, 0.25) is 0 Å². The van der Waals surface area contributed by atoms with Gasteiger partial charge >= 0.3 is 0 Å². The average molecular weight is 285 g/mol. The molecule has 1 aromatic heterocycles. The maximum atomic E-state index is 6.04. The van der Waals surface area contributed by atoms with Crippen molar-refractivity contribution in [3.05, 3.63) is 47.5 Å². The molecule has 2 atom stereocenters. The van der Waals surface area contributed by atoms with Crippen LogP contribution in [0, 0.1) is 6.92 Å². The number of ether oxygens (including phenoxy) is 1. The topological polar surface area (TPSA) is 53.1 Å². The van der Waals surface area contributed by atoms with E-state index < -0.39 is 0 Å². The van der Waals surface area contributed by atoms with Gasteiger partial charge in [0.1, 0.15) is 17.7 Å². The van der Waals surface area contributed by atoms with E-state index in [1.165, 1.54) is 11.1 Å². The van der Waals surface area contributed by atoms with Crippen LogP contribution < -0.4 is 10.5 Å². The molecule has 2 N–H and O–H groups in total. The number of aryl methyl sites for hydroxylation is 1. The molecule has 0 saturated carbocycles. The van der Waals surface area contributed by atoms with Gasteiger partial charge in [-0.15, -0.1) is 0 Å². The molecule has 0 saturated heterocycles. The van der Waals surface area contributed by atoms with E-state index in [0.29, 0.717) is 0 Å². The number of fused-ring (bicyclic) bond motifs is 1. The Balaban J connectivity index is 1.68. The van der Waals surface area contributed by atoms with E-state index in [-0.39, 0.29) is 12.1 Å². The Hall–Kier alpha value is -1.81. The zero-order valence-electron chi connectivity index (χ0n) is 12.7. The lowest BCUT2D eigenvalue weighted by Gasteiger charge is -2.15. The largest absolute Gasteiger partial charge is 0.488 e. The van der Waals surface area contributed by atoms with Gasteiger partial charge in [-0.2, -0.15) is 0 Å². The first-order valence-electron chi connectivity index (χ1n) is 7.67. The summed E-state index contributed by atoms with van der Waals surface area (Å²) in [6.45, 7) is 5.06. The predicted molar refractivity (Wildman–Crippen MR) is 83.5 cm³/mol. The van der Waals surface area contributed by atoms with Gasteiger partial charge < -0.3 is 15.0 Å². The van der Waals surface area contributed by atoms with Crippen molar-refractivity contribution in [2.75, 3.05) is 0 Å². The van der Waals surface area contributed by atoms with Crippen LogP contribution in [0.25, 0.3) is 0 Å². The van der Waals surface area contributed by atoms with Gasteiger partial charge in [0, 0.05) is 31.3 Å². The van der Waals surface area contributed by atoms with Crippen molar-refractivity contribution < 1.29 is 4.74 Å². The second kappa shape index (κ2) is 5.90. The first-order chi connectivity index (χ1) is 10.2. The molecule has 0 fully saturated rings. The van der Waals surface area contributed by atoms with E-state index in [4.69, 9.17) is 10.5 Å². The molecule has 0 radical (unpaired) electrons. The van der Waals surface area contributed by atoms with Crippen LogP contribution in [-0.2, 0) is 19.4 Å². The van der Waals surface area contributed by atoms with Crippen molar-refractivity contribution in [3.63, 3.8) is 0 Å². The minimum absolute atomic E-state index is 0.176. The predicted octanol–water partition coefficient (Wildman–Crippen LogP) is 2.48. The molecule has 21 heavy (non-hydrogen) atoms. The van der Waals surface area contributed by atoms with E-state index in [1.807, 2.05) is 12.4 Å². The van der Waals surface area contributed by atoms with Gasteiger partial charge in [-0.1, -0.05) is 24.6 Å². The number of rotatable bonds is 5. The van der Waals surface area contributed by atoms with Gasteiger partial charge in [0.25, 0.3) is 0 Å². The smallest absolute Gasteiger partial charge is 0.123 e.